The number of thioether (sulfide) groups is 1. The molecule has 86 valence electrons. The smallest absolute Gasteiger partial charge is 0.230 e. The molecule has 0 unspecified atom stereocenters. The molecule has 1 aromatic heterocycles. The minimum atomic E-state index is 0.279. The zero-order valence-corrected chi connectivity index (χ0v) is 9.72. The van der Waals surface area contributed by atoms with E-state index in [1.807, 2.05) is 11.8 Å². The van der Waals surface area contributed by atoms with Gasteiger partial charge < -0.3 is 14.8 Å². The van der Waals surface area contributed by atoms with Gasteiger partial charge in [0.1, 0.15) is 0 Å². The molecule has 0 amide bonds. The average Bonchev–Trinajstić information content (AvgIpc) is 2.63. The van der Waals surface area contributed by atoms with E-state index in [9.17, 15) is 0 Å². The maximum Gasteiger partial charge on any atom is 0.230 e. The fourth-order valence-corrected chi connectivity index (χ4v) is 1.84. The molecule has 0 aromatic carbocycles. The number of nitrogens with zero attached hydrogens (tertiary/aromatic N) is 2. The summed E-state index contributed by atoms with van der Waals surface area (Å²) in [6.45, 7) is 3.60. The molecule has 0 spiro atoms. The molecule has 0 aliphatic rings. The van der Waals surface area contributed by atoms with Crippen molar-refractivity contribution >= 4 is 11.8 Å². The van der Waals surface area contributed by atoms with Gasteiger partial charge in [-0.3, -0.25) is 0 Å². The Morgan fingerprint density at radius 2 is 2.27 bits per heavy atom. The summed E-state index contributed by atoms with van der Waals surface area (Å²) in [5, 5.41) is 19.4. The van der Waals surface area contributed by atoms with Crippen molar-refractivity contribution in [3.8, 4) is 0 Å². The van der Waals surface area contributed by atoms with Crippen LogP contribution in [0.1, 0.15) is 18.2 Å². The van der Waals surface area contributed by atoms with Gasteiger partial charge in [0, 0.05) is 25.8 Å². The van der Waals surface area contributed by atoms with E-state index in [0.717, 1.165) is 24.5 Å². The predicted octanol–water partition coefficient (Wildman–Crippen LogP) is 0.583. The van der Waals surface area contributed by atoms with E-state index in [1.54, 1.807) is 6.92 Å². The second kappa shape index (κ2) is 7.67. The third kappa shape index (κ3) is 5.76. The van der Waals surface area contributed by atoms with Gasteiger partial charge in [-0.2, -0.15) is 11.8 Å². The molecule has 0 aliphatic carbocycles. The standard InChI is InChI=1S/C9H17N3O2S/c1-8-11-12-9(14-8)7-10-3-6-15-5-2-4-13/h10,13H,2-7H2,1H3. The van der Waals surface area contributed by atoms with Crippen LogP contribution in [0.2, 0.25) is 0 Å². The van der Waals surface area contributed by atoms with E-state index in [4.69, 9.17) is 9.52 Å². The van der Waals surface area contributed by atoms with Crippen LogP contribution < -0.4 is 5.32 Å². The van der Waals surface area contributed by atoms with Crippen molar-refractivity contribution in [2.45, 2.75) is 19.9 Å². The highest BCUT2D eigenvalue weighted by Crippen LogP contribution is 2.01. The second-order valence-corrected chi connectivity index (χ2v) is 4.31. The van der Waals surface area contributed by atoms with Gasteiger partial charge in [0.05, 0.1) is 6.54 Å². The minimum Gasteiger partial charge on any atom is -0.424 e. The molecule has 1 rings (SSSR count). The summed E-state index contributed by atoms with van der Waals surface area (Å²) in [5.74, 6) is 3.28. The Kier molecular flexibility index (Phi) is 6.38. The number of aliphatic hydroxyl groups is 1. The Balaban J connectivity index is 1.93. The van der Waals surface area contributed by atoms with E-state index < -0.39 is 0 Å². The number of hydrogen-bond acceptors (Lipinski definition) is 6. The Labute approximate surface area is 93.7 Å². The van der Waals surface area contributed by atoms with E-state index in [-0.39, 0.29) is 6.61 Å². The number of aliphatic hydroxyl groups excluding tert-OH is 1. The van der Waals surface area contributed by atoms with Gasteiger partial charge in [-0.1, -0.05) is 0 Å². The van der Waals surface area contributed by atoms with Gasteiger partial charge in [-0.25, -0.2) is 0 Å². The zero-order chi connectivity index (χ0) is 10.9. The second-order valence-electron chi connectivity index (χ2n) is 3.08. The molecule has 15 heavy (non-hydrogen) atoms. The molecule has 6 heteroatoms. The van der Waals surface area contributed by atoms with Gasteiger partial charge in [-0.15, -0.1) is 10.2 Å². The average molecular weight is 231 g/mol. The highest BCUT2D eigenvalue weighted by Gasteiger charge is 2.00. The Morgan fingerprint density at radius 1 is 1.40 bits per heavy atom. The molecule has 5 nitrogen and oxygen atoms in total. The van der Waals surface area contributed by atoms with E-state index in [2.05, 4.69) is 15.5 Å². The lowest BCUT2D eigenvalue weighted by atomic mass is 10.5. The molecule has 0 aliphatic heterocycles. The van der Waals surface area contributed by atoms with Crippen LogP contribution in [0.4, 0.5) is 0 Å². The molecular formula is C9H17N3O2S. The first-order valence-electron chi connectivity index (χ1n) is 5.01. The summed E-state index contributed by atoms with van der Waals surface area (Å²) in [7, 11) is 0. The van der Waals surface area contributed by atoms with Crippen molar-refractivity contribution in [2.75, 3.05) is 24.7 Å². The monoisotopic (exact) mass is 231 g/mol. The minimum absolute atomic E-state index is 0.279. The number of rotatable bonds is 8. The van der Waals surface area contributed by atoms with Crippen molar-refractivity contribution in [1.82, 2.24) is 15.5 Å². The molecule has 1 aromatic rings. The molecule has 0 fully saturated rings. The van der Waals surface area contributed by atoms with Crippen LogP contribution >= 0.6 is 11.8 Å². The Hall–Kier alpha value is -0.590. The van der Waals surface area contributed by atoms with E-state index in [0.29, 0.717) is 18.3 Å². The molecule has 0 radical (unpaired) electrons. The quantitative estimate of drug-likeness (QED) is 0.638. The third-order valence-corrected chi connectivity index (χ3v) is 2.78. The van der Waals surface area contributed by atoms with Crippen molar-refractivity contribution in [1.29, 1.82) is 0 Å². The van der Waals surface area contributed by atoms with E-state index in [1.165, 1.54) is 0 Å². The third-order valence-electron chi connectivity index (χ3n) is 1.71. The Bertz CT molecular complexity index is 268. The van der Waals surface area contributed by atoms with Crippen LogP contribution in [0, 0.1) is 6.92 Å². The van der Waals surface area contributed by atoms with Crippen molar-refractivity contribution in [3.63, 3.8) is 0 Å². The summed E-state index contributed by atoms with van der Waals surface area (Å²) < 4.78 is 5.20. The zero-order valence-electron chi connectivity index (χ0n) is 8.90. The van der Waals surface area contributed by atoms with Gasteiger partial charge in [0.15, 0.2) is 0 Å². The lowest BCUT2D eigenvalue weighted by Crippen LogP contribution is -2.17. The lowest BCUT2D eigenvalue weighted by Gasteiger charge is -2.01. The fourth-order valence-electron chi connectivity index (χ4n) is 1.02. The largest absolute Gasteiger partial charge is 0.424 e. The predicted molar refractivity (Wildman–Crippen MR) is 59.8 cm³/mol. The molecule has 1 heterocycles. The van der Waals surface area contributed by atoms with E-state index >= 15 is 0 Å². The molecule has 0 saturated carbocycles. The molecule has 0 saturated heterocycles. The number of nitrogens with one attached hydrogen (secondary N) is 1. The normalized spacial score (nSPS) is 10.8. The molecular weight excluding hydrogens is 214 g/mol. The SMILES string of the molecule is Cc1nnc(CNCCSCCCO)o1. The summed E-state index contributed by atoms with van der Waals surface area (Å²) in [6, 6.07) is 0. The fraction of sp³-hybridized carbons (Fsp3) is 0.778. The van der Waals surface area contributed by atoms with Crippen molar-refractivity contribution in [2.24, 2.45) is 0 Å². The Morgan fingerprint density at radius 3 is 2.93 bits per heavy atom. The molecule has 0 atom stereocenters. The first-order chi connectivity index (χ1) is 7.33. The summed E-state index contributed by atoms with van der Waals surface area (Å²) in [6.07, 6.45) is 0.869. The van der Waals surface area contributed by atoms with Gasteiger partial charge >= 0.3 is 0 Å². The topological polar surface area (TPSA) is 71.2 Å². The maximum absolute atomic E-state index is 8.56. The molecule has 2 N–H and O–H groups in total. The van der Waals surface area contributed by atoms with Crippen LogP contribution in [0.25, 0.3) is 0 Å². The number of hydrogen-bond donors (Lipinski definition) is 2. The highest BCUT2D eigenvalue weighted by molar-refractivity contribution is 7.99. The van der Waals surface area contributed by atoms with Crippen LogP contribution in [-0.2, 0) is 6.54 Å². The van der Waals surface area contributed by atoms with Gasteiger partial charge in [-0.05, 0) is 12.2 Å². The summed E-state index contributed by atoms with van der Waals surface area (Å²) >= 11 is 1.83. The van der Waals surface area contributed by atoms with Crippen LogP contribution in [0.5, 0.6) is 0 Å². The first kappa shape index (κ1) is 12.5. The van der Waals surface area contributed by atoms with Crippen molar-refractivity contribution < 1.29 is 9.52 Å². The van der Waals surface area contributed by atoms with Gasteiger partial charge in [0.2, 0.25) is 11.8 Å². The van der Waals surface area contributed by atoms with Crippen LogP contribution in [-0.4, -0.2) is 40.0 Å². The summed E-state index contributed by atoms with van der Waals surface area (Å²) in [4.78, 5) is 0. The van der Waals surface area contributed by atoms with Crippen LogP contribution in [0.3, 0.4) is 0 Å². The number of aryl methyl sites for hydroxylation is 1. The lowest BCUT2D eigenvalue weighted by molar-refractivity contribution is 0.296. The van der Waals surface area contributed by atoms with Crippen LogP contribution in [0.15, 0.2) is 4.42 Å². The van der Waals surface area contributed by atoms with Gasteiger partial charge in [0.25, 0.3) is 0 Å². The van der Waals surface area contributed by atoms with Crippen molar-refractivity contribution in [3.05, 3.63) is 11.8 Å². The highest BCUT2D eigenvalue weighted by atomic mass is 32.2. The molecule has 0 bridgehead atoms. The number of aromatic nitrogens is 2. The first-order valence-corrected chi connectivity index (χ1v) is 6.16. The summed E-state index contributed by atoms with van der Waals surface area (Å²) in [5.41, 5.74) is 0. The maximum atomic E-state index is 8.56.